The molecule has 1 saturated heterocycles. The van der Waals surface area contributed by atoms with E-state index in [1.54, 1.807) is 48.5 Å². The average molecular weight is 585 g/mol. The van der Waals surface area contributed by atoms with E-state index in [9.17, 15) is 22.8 Å². The molecule has 0 spiro atoms. The van der Waals surface area contributed by atoms with E-state index in [4.69, 9.17) is 9.15 Å². The number of nitrogens with one attached hydrogen (secondary N) is 1. The molecular formula is C34H27F3N2O4. The van der Waals surface area contributed by atoms with E-state index in [-0.39, 0.29) is 44.2 Å². The Labute approximate surface area is 245 Å². The SMILES string of the molecule is O=C(NCc1cc2cc(-c3ccc(C(=O)N4CCC(F)(F)CC4)cc3)cc(-c3ccc(F)cc3)c2o1)Oc1ccccc1. The largest absolute Gasteiger partial charge is 0.459 e. The van der Waals surface area contributed by atoms with Gasteiger partial charge in [-0.05, 0) is 71.3 Å². The van der Waals surface area contributed by atoms with Crippen molar-refractivity contribution in [3.63, 3.8) is 0 Å². The molecule has 2 amide bonds. The molecule has 0 radical (unpaired) electrons. The summed E-state index contributed by atoms with van der Waals surface area (Å²) in [5, 5.41) is 3.45. The summed E-state index contributed by atoms with van der Waals surface area (Å²) in [6.07, 6.45) is -1.29. The lowest BCUT2D eigenvalue weighted by Gasteiger charge is -2.31. The van der Waals surface area contributed by atoms with Gasteiger partial charge < -0.3 is 19.4 Å². The first-order valence-electron chi connectivity index (χ1n) is 13.8. The fraction of sp³-hybridized carbons (Fsp3) is 0.176. The van der Waals surface area contributed by atoms with Gasteiger partial charge in [0.15, 0.2) is 0 Å². The van der Waals surface area contributed by atoms with Gasteiger partial charge in [-0.25, -0.2) is 18.0 Å². The Bertz CT molecular complexity index is 1760. The summed E-state index contributed by atoms with van der Waals surface area (Å²) in [7, 11) is 0. The lowest BCUT2D eigenvalue weighted by atomic mass is 9.96. The maximum Gasteiger partial charge on any atom is 0.412 e. The predicted molar refractivity (Wildman–Crippen MR) is 156 cm³/mol. The normalized spacial score (nSPS) is 14.4. The quantitative estimate of drug-likeness (QED) is 0.219. The number of nitrogens with zero attached hydrogens (tertiary/aromatic N) is 1. The Morgan fingerprint density at radius 1 is 0.837 bits per heavy atom. The number of ether oxygens (including phenoxy) is 1. The number of para-hydroxylation sites is 1. The van der Waals surface area contributed by atoms with Crippen LogP contribution < -0.4 is 10.1 Å². The van der Waals surface area contributed by atoms with Crippen LogP contribution in [0.25, 0.3) is 33.2 Å². The molecule has 43 heavy (non-hydrogen) atoms. The zero-order chi connectivity index (χ0) is 30.0. The molecule has 0 atom stereocenters. The number of carbonyl (C=O) groups is 2. The van der Waals surface area contributed by atoms with Crippen molar-refractivity contribution < 1.29 is 31.9 Å². The van der Waals surface area contributed by atoms with Crippen molar-refractivity contribution in [3.8, 4) is 28.0 Å². The third-order valence-electron chi connectivity index (χ3n) is 7.43. The van der Waals surface area contributed by atoms with E-state index in [1.807, 2.05) is 36.4 Å². The minimum Gasteiger partial charge on any atom is -0.459 e. The molecule has 1 aliphatic rings. The molecule has 218 valence electrons. The van der Waals surface area contributed by atoms with Crippen molar-refractivity contribution >= 4 is 23.0 Å². The number of halogens is 3. The molecule has 6 nitrogen and oxygen atoms in total. The van der Waals surface area contributed by atoms with Gasteiger partial charge in [-0.15, -0.1) is 0 Å². The minimum absolute atomic E-state index is 0.0208. The fourth-order valence-corrected chi connectivity index (χ4v) is 5.12. The summed E-state index contributed by atoms with van der Waals surface area (Å²) in [5.74, 6) is -2.46. The van der Waals surface area contributed by atoms with Crippen molar-refractivity contribution in [2.75, 3.05) is 13.1 Å². The molecule has 0 bridgehead atoms. The van der Waals surface area contributed by atoms with Crippen molar-refractivity contribution in [3.05, 3.63) is 114 Å². The topological polar surface area (TPSA) is 71.8 Å². The smallest absolute Gasteiger partial charge is 0.412 e. The van der Waals surface area contributed by atoms with Gasteiger partial charge in [-0.1, -0.05) is 42.5 Å². The molecule has 1 N–H and O–H groups in total. The first kappa shape index (κ1) is 28.1. The Morgan fingerprint density at radius 2 is 1.51 bits per heavy atom. The highest BCUT2D eigenvalue weighted by Crippen LogP contribution is 2.36. The van der Waals surface area contributed by atoms with Crippen molar-refractivity contribution in [1.82, 2.24) is 10.2 Å². The molecule has 9 heteroatoms. The number of fused-ring (bicyclic) bond motifs is 1. The second-order valence-electron chi connectivity index (χ2n) is 10.4. The Kier molecular flexibility index (Phi) is 7.63. The number of likely N-dealkylation sites (tertiary alicyclic amines) is 1. The molecule has 0 unspecified atom stereocenters. The molecule has 0 aliphatic carbocycles. The molecule has 1 fully saturated rings. The fourth-order valence-electron chi connectivity index (χ4n) is 5.12. The second-order valence-corrected chi connectivity index (χ2v) is 10.4. The van der Waals surface area contributed by atoms with E-state index >= 15 is 0 Å². The minimum atomic E-state index is -2.73. The summed E-state index contributed by atoms with van der Waals surface area (Å²) >= 11 is 0. The summed E-state index contributed by atoms with van der Waals surface area (Å²) < 4.78 is 52.2. The van der Waals surface area contributed by atoms with Gasteiger partial charge in [0.25, 0.3) is 11.8 Å². The molecular weight excluding hydrogens is 557 g/mol. The highest BCUT2D eigenvalue weighted by Gasteiger charge is 2.35. The van der Waals surface area contributed by atoms with E-state index in [0.29, 0.717) is 22.7 Å². The number of alkyl halides is 2. The third kappa shape index (κ3) is 6.40. The van der Waals surface area contributed by atoms with E-state index in [2.05, 4.69) is 5.32 Å². The molecule has 1 aliphatic heterocycles. The number of benzene rings is 4. The van der Waals surface area contributed by atoms with Gasteiger partial charge in [-0.2, -0.15) is 0 Å². The Balaban J connectivity index is 1.26. The molecule has 1 aromatic heterocycles. The molecule has 5 aromatic rings. The van der Waals surface area contributed by atoms with Crippen molar-refractivity contribution in [2.24, 2.45) is 0 Å². The standard InChI is InChI=1S/C34H27F3N2O4/c35-27-12-10-23(11-13-27)30-20-25(22-6-8-24(9-7-22)32(40)39-16-14-34(36,37)15-17-39)18-26-19-29(42-31(26)30)21-38-33(41)43-28-4-2-1-3-5-28/h1-13,18-20H,14-17,21H2,(H,38,41). The number of piperidine rings is 1. The zero-order valence-corrected chi connectivity index (χ0v) is 23.0. The van der Waals surface area contributed by atoms with E-state index in [1.165, 1.54) is 17.0 Å². The number of rotatable bonds is 6. The van der Waals surface area contributed by atoms with Crippen molar-refractivity contribution in [1.29, 1.82) is 0 Å². The van der Waals surface area contributed by atoms with Crippen LogP contribution in [-0.2, 0) is 6.54 Å². The number of hydrogen-bond donors (Lipinski definition) is 1. The van der Waals surface area contributed by atoms with Gasteiger partial charge in [-0.3, -0.25) is 4.79 Å². The summed E-state index contributed by atoms with van der Waals surface area (Å²) in [4.78, 5) is 26.7. The summed E-state index contributed by atoms with van der Waals surface area (Å²) in [5.41, 5.74) is 4.09. The summed E-state index contributed by atoms with van der Waals surface area (Å²) in [6, 6.07) is 27.4. The Hall–Kier alpha value is -5.05. The number of furan rings is 1. The van der Waals surface area contributed by atoms with Crippen LogP contribution in [-0.4, -0.2) is 35.9 Å². The number of hydrogen-bond acceptors (Lipinski definition) is 4. The molecule has 2 heterocycles. The van der Waals surface area contributed by atoms with Crippen molar-refractivity contribution in [2.45, 2.75) is 25.3 Å². The van der Waals surface area contributed by atoms with Crippen LogP contribution in [0.5, 0.6) is 5.75 Å². The van der Waals surface area contributed by atoms with Crippen LogP contribution in [0.3, 0.4) is 0 Å². The Morgan fingerprint density at radius 3 is 2.21 bits per heavy atom. The maximum absolute atomic E-state index is 13.7. The van der Waals surface area contributed by atoms with Crippen LogP contribution in [0, 0.1) is 5.82 Å². The predicted octanol–water partition coefficient (Wildman–Crippen LogP) is 8.07. The monoisotopic (exact) mass is 584 g/mol. The average Bonchev–Trinajstić information content (AvgIpc) is 3.43. The van der Waals surface area contributed by atoms with E-state index in [0.717, 1.165) is 27.6 Å². The maximum atomic E-state index is 13.7. The second kappa shape index (κ2) is 11.7. The lowest BCUT2D eigenvalue weighted by Crippen LogP contribution is -2.42. The highest BCUT2D eigenvalue weighted by molar-refractivity contribution is 5.98. The van der Waals surface area contributed by atoms with Crippen LogP contribution in [0.1, 0.15) is 29.0 Å². The zero-order valence-electron chi connectivity index (χ0n) is 23.0. The first-order valence-corrected chi connectivity index (χ1v) is 13.8. The number of amides is 2. The molecule has 0 saturated carbocycles. The third-order valence-corrected chi connectivity index (χ3v) is 7.43. The van der Waals surface area contributed by atoms with Crippen LogP contribution in [0.2, 0.25) is 0 Å². The van der Waals surface area contributed by atoms with E-state index < -0.39 is 12.0 Å². The van der Waals surface area contributed by atoms with Crippen LogP contribution >= 0.6 is 0 Å². The van der Waals surface area contributed by atoms with Gasteiger partial charge in [0.2, 0.25) is 0 Å². The van der Waals surface area contributed by atoms with Gasteiger partial charge >= 0.3 is 6.09 Å². The lowest BCUT2D eigenvalue weighted by molar-refractivity contribution is -0.0494. The van der Waals surface area contributed by atoms with Crippen LogP contribution in [0.4, 0.5) is 18.0 Å². The van der Waals surface area contributed by atoms with Crippen LogP contribution in [0.15, 0.2) is 101 Å². The van der Waals surface area contributed by atoms with Gasteiger partial charge in [0, 0.05) is 42.4 Å². The summed E-state index contributed by atoms with van der Waals surface area (Å²) in [6.45, 7) is 0.123. The van der Waals surface area contributed by atoms with Gasteiger partial charge in [0.1, 0.15) is 22.9 Å². The first-order chi connectivity index (χ1) is 20.7. The highest BCUT2D eigenvalue weighted by atomic mass is 19.3. The number of carbonyl (C=O) groups excluding carboxylic acids is 2. The van der Waals surface area contributed by atoms with Gasteiger partial charge in [0.05, 0.1) is 6.54 Å². The molecule has 4 aromatic carbocycles. The molecule has 6 rings (SSSR count).